The summed E-state index contributed by atoms with van der Waals surface area (Å²) >= 11 is 0. The Kier molecular flexibility index (Phi) is 2.34. The third-order valence-electron chi connectivity index (χ3n) is 4.16. The molecule has 1 nitrogen and oxygen atoms in total. The normalized spacial score (nSPS) is 31.2. The van der Waals surface area contributed by atoms with Gasteiger partial charge in [-0.3, -0.25) is 4.79 Å². The quantitative estimate of drug-likeness (QED) is 0.755. The minimum Gasteiger partial charge on any atom is -0.299 e. The van der Waals surface area contributed by atoms with E-state index in [0.29, 0.717) is 18.1 Å². The Morgan fingerprint density at radius 2 is 2.00 bits per heavy atom. The van der Waals surface area contributed by atoms with Gasteiger partial charge < -0.3 is 0 Å². The monoisotopic (exact) mass is 214 g/mol. The van der Waals surface area contributed by atoms with Crippen molar-refractivity contribution in [2.75, 3.05) is 0 Å². The minimum atomic E-state index is 0.379. The highest BCUT2D eigenvalue weighted by Crippen LogP contribution is 2.54. The maximum Gasteiger partial charge on any atom is 0.140 e. The zero-order valence-corrected chi connectivity index (χ0v) is 9.78. The van der Waals surface area contributed by atoms with Crippen molar-refractivity contribution in [1.29, 1.82) is 0 Å². The van der Waals surface area contributed by atoms with Gasteiger partial charge in [0.05, 0.1) is 0 Å². The minimum absolute atomic E-state index is 0.379. The van der Waals surface area contributed by atoms with Crippen LogP contribution in [0.4, 0.5) is 0 Å². The van der Waals surface area contributed by atoms with Crippen molar-refractivity contribution in [1.82, 2.24) is 0 Å². The highest BCUT2D eigenvalue weighted by molar-refractivity contribution is 5.83. The number of Topliss-reactive ketones (excluding diaryl/α,β-unsaturated/α-hetero) is 1. The molecule has 0 amide bonds. The summed E-state index contributed by atoms with van der Waals surface area (Å²) in [5.74, 6) is 2.67. The lowest BCUT2D eigenvalue weighted by atomic mass is 9.93. The van der Waals surface area contributed by atoms with E-state index in [-0.39, 0.29) is 0 Å². The average Bonchev–Trinajstić information content (AvgIpc) is 2.86. The summed E-state index contributed by atoms with van der Waals surface area (Å²) in [4.78, 5) is 12.1. The maximum absolute atomic E-state index is 12.1. The second kappa shape index (κ2) is 3.73. The Morgan fingerprint density at radius 1 is 1.25 bits per heavy atom. The van der Waals surface area contributed by atoms with Crippen molar-refractivity contribution in [3.8, 4) is 0 Å². The largest absolute Gasteiger partial charge is 0.299 e. The average molecular weight is 214 g/mol. The fourth-order valence-corrected chi connectivity index (χ4v) is 3.15. The van der Waals surface area contributed by atoms with Crippen LogP contribution in [0.25, 0.3) is 0 Å². The highest BCUT2D eigenvalue weighted by Gasteiger charge is 2.47. The Labute approximate surface area is 96.9 Å². The van der Waals surface area contributed by atoms with Gasteiger partial charge in [0.25, 0.3) is 0 Å². The molecule has 2 atom stereocenters. The van der Waals surface area contributed by atoms with Gasteiger partial charge in [0.2, 0.25) is 0 Å². The van der Waals surface area contributed by atoms with Crippen LogP contribution < -0.4 is 0 Å². The molecule has 2 unspecified atom stereocenters. The Bertz CT molecular complexity index is 411. The van der Waals surface area contributed by atoms with E-state index in [0.717, 1.165) is 11.8 Å². The van der Waals surface area contributed by atoms with Crippen LogP contribution in [0, 0.1) is 24.7 Å². The zero-order valence-electron chi connectivity index (χ0n) is 9.78. The van der Waals surface area contributed by atoms with Gasteiger partial charge in [0, 0.05) is 12.3 Å². The number of aryl methyl sites for hydroxylation is 1. The molecule has 0 bridgehead atoms. The zero-order chi connectivity index (χ0) is 11.1. The van der Waals surface area contributed by atoms with Crippen molar-refractivity contribution in [3.05, 3.63) is 35.4 Å². The fraction of sp³-hybridized carbons (Fsp3) is 0.533. The van der Waals surface area contributed by atoms with Gasteiger partial charge in [0.15, 0.2) is 0 Å². The molecule has 0 saturated heterocycles. The van der Waals surface area contributed by atoms with Gasteiger partial charge in [0.1, 0.15) is 5.78 Å². The summed E-state index contributed by atoms with van der Waals surface area (Å²) < 4.78 is 0. The molecular weight excluding hydrogens is 196 g/mol. The first-order valence-corrected chi connectivity index (χ1v) is 6.30. The molecule has 3 rings (SSSR count). The fourth-order valence-electron chi connectivity index (χ4n) is 3.15. The second-order valence-corrected chi connectivity index (χ2v) is 5.56. The summed E-state index contributed by atoms with van der Waals surface area (Å²) in [6.45, 7) is 2.08. The molecule has 1 heteroatoms. The molecule has 2 aliphatic carbocycles. The predicted octanol–water partition coefficient (Wildman–Crippen LogP) is 3.15. The SMILES string of the molecule is Cc1cccc(CC(=O)C2CC3CC3C2)c1. The molecule has 0 aromatic heterocycles. The van der Waals surface area contributed by atoms with E-state index < -0.39 is 0 Å². The van der Waals surface area contributed by atoms with Crippen LogP contribution in [0.1, 0.15) is 30.4 Å². The molecule has 2 saturated carbocycles. The lowest BCUT2D eigenvalue weighted by Gasteiger charge is -2.10. The van der Waals surface area contributed by atoms with E-state index in [1.54, 1.807) is 0 Å². The van der Waals surface area contributed by atoms with Crippen molar-refractivity contribution in [2.24, 2.45) is 17.8 Å². The third kappa shape index (κ3) is 1.91. The van der Waals surface area contributed by atoms with Gasteiger partial charge in [-0.05, 0) is 43.6 Å². The number of hydrogen-bond donors (Lipinski definition) is 0. The molecule has 16 heavy (non-hydrogen) atoms. The van der Waals surface area contributed by atoms with Gasteiger partial charge in [-0.1, -0.05) is 29.8 Å². The van der Waals surface area contributed by atoms with E-state index in [9.17, 15) is 4.79 Å². The first-order valence-electron chi connectivity index (χ1n) is 6.30. The molecule has 2 fully saturated rings. The van der Waals surface area contributed by atoms with Gasteiger partial charge in [-0.25, -0.2) is 0 Å². The van der Waals surface area contributed by atoms with Gasteiger partial charge in [-0.15, -0.1) is 0 Å². The molecule has 0 radical (unpaired) electrons. The van der Waals surface area contributed by atoms with Crippen molar-refractivity contribution in [2.45, 2.75) is 32.6 Å². The van der Waals surface area contributed by atoms with Crippen LogP contribution in [-0.4, -0.2) is 5.78 Å². The van der Waals surface area contributed by atoms with E-state index in [4.69, 9.17) is 0 Å². The Morgan fingerprint density at radius 3 is 2.69 bits per heavy atom. The van der Waals surface area contributed by atoms with Crippen LogP contribution >= 0.6 is 0 Å². The van der Waals surface area contributed by atoms with Crippen molar-refractivity contribution < 1.29 is 4.79 Å². The van der Waals surface area contributed by atoms with E-state index in [2.05, 4.69) is 25.1 Å². The standard InChI is InChI=1S/C15H18O/c1-10-3-2-4-11(5-10)6-15(16)14-8-12-7-13(12)9-14/h2-5,12-14H,6-9H2,1H3. The van der Waals surface area contributed by atoms with Crippen LogP contribution in [0.5, 0.6) is 0 Å². The van der Waals surface area contributed by atoms with Gasteiger partial charge >= 0.3 is 0 Å². The number of carbonyl (C=O) groups excluding carboxylic acids is 1. The summed E-state index contributed by atoms with van der Waals surface area (Å²) in [5.41, 5.74) is 2.44. The molecule has 0 aliphatic heterocycles. The number of benzene rings is 1. The molecule has 0 spiro atoms. The molecule has 84 valence electrons. The summed E-state index contributed by atoms with van der Waals surface area (Å²) in [6.07, 6.45) is 4.39. The first-order chi connectivity index (χ1) is 7.72. The second-order valence-electron chi connectivity index (χ2n) is 5.56. The number of rotatable bonds is 3. The number of carbonyl (C=O) groups is 1. The maximum atomic E-state index is 12.1. The number of ketones is 1. The molecule has 1 aromatic rings. The van der Waals surface area contributed by atoms with Crippen molar-refractivity contribution >= 4 is 5.78 Å². The lowest BCUT2D eigenvalue weighted by Crippen LogP contribution is -2.15. The Balaban J connectivity index is 1.64. The Hall–Kier alpha value is -1.11. The molecule has 0 heterocycles. The van der Waals surface area contributed by atoms with Crippen LogP contribution in [0.3, 0.4) is 0 Å². The third-order valence-corrected chi connectivity index (χ3v) is 4.16. The van der Waals surface area contributed by atoms with E-state index >= 15 is 0 Å². The molecular formula is C15H18O. The summed E-state index contributed by atoms with van der Waals surface area (Å²) in [6, 6.07) is 8.33. The molecule has 2 aliphatic rings. The van der Waals surface area contributed by atoms with Crippen LogP contribution in [0.15, 0.2) is 24.3 Å². The highest BCUT2D eigenvalue weighted by atomic mass is 16.1. The van der Waals surface area contributed by atoms with E-state index in [1.165, 1.54) is 30.4 Å². The topological polar surface area (TPSA) is 17.1 Å². The predicted molar refractivity (Wildman–Crippen MR) is 64.2 cm³/mol. The molecule has 0 N–H and O–H groups in total. The number of hydrogen-bond acceptors (Lipinski definition) is 1. The van der Waals surface area contributed by atoms with Crippen LogP contribution in [0.2, 0.25) is 0 Å². The number of fused-ring (bicyclic) bond motifs is 1. The lowest BCUT2D eigenvalue weighted by molar-refractivity contribution is -0.122. The van der Waals surface area contributed by atoms with E-state index in [1.807, 2.05) is 6.07 Å². The summed E-state index contributed by atoms with van der Waals surface area (Å²) in [7, 11) is 0. The van der Waals surface area contributed by atoms with Crippen LogP contribution in [-0.2, 0) is 11.2 Å². The van der Waals surface area contributed by atoms with Gasteiger partial charge in [-0.2, -0.15) is 0 Å². The summed E-state index contributed by atoms with van der Waals surface area (Å²) in [5, 5.41) is 0. The van der Waals surface area contributed by atoms with Crippen molar-refractivity contribution in [3.63, 3.8) is 0 Å². The molecule has 1 aromatic carbocycles. The smallest absolute Gasteiger partial charge is 0.140 e. The first kappa shape index (κ1) is 10.1.